The first-order chi connectivity index (χ1) is 9.95. The highest BCUT2D eigenvalue weighted by molar-refractivity contribution is 5.57. The van der Waals surface area contributed by atoms with Crippen molar-refractivity contribution in [3.05, 3.63) is 82.9 Å². The molecule has 0 aliphatic rings. The Morgan fingerprint density at radius 1 is 0.762 bits per heavy atom. The minimum absolute atomic E-state index is 0.284. The Kier molecular flexibility index (Phi) is 4.77. The van der Waals surface area contributed by atoms with Gasteiger partial charge < -0.3 is 5.73 Å². The Bertz CT molecular complexity index is 623. The monoisotopic (exact) mass is 277 g/mol. The van der Waals surface area contributed by atoms with Crippen LogP contribution in [0.25, 0.3) is 12.2 Å². The molecule has 0 atom stereocenters. The lowest BCUT2D eigenvalue weighted by molar-refractivity contribution is 0.554. The predicted octanol–water partition coefficient (Wildman–Crippen LogP) is 4.92. The van der Waals surface area contributed by atoms with Crippen molar-refractivity contribution in [3.63, 3.8) is 0 Å². The summed E-state index contributed by atoms with van der Waals surface area (Å²) in [5.41, 5.74) is 10.6. The predicted molar refractivity (Wildman–Crippen MR) is 92.9 cm³/mol. The number of allylic oxidation sites excluding steroid dienone is 2. The van der Waals surface area contributed by atoms with Crippen LogP contribution in [0.15, 0.2) is 60.7 Å². The molecule has 1 nitrogen and oxygen atoms in total. The lowest BCUT2D eigenvalue weighted by Crippen LogP contribution is -2.28. The second kappa shape index (κ2) is 6.55. The average Bonchev–Trinajstić information content (AvgIpc) is 2.45. The van der Waals surface area contributed by atoms with Crippen molar-refractivity contribution in [1.82, 2.24) is 0 Å². The molecular weight excluding hydrogens is 254 g/mol. The summed E-state index contributed by atoms with van der Waals surface area (Å²) in [6.07, 6.45) is 8.32. The molecular formula is C20H23N. The summed E-state index contributed by atoms with van der Waals surface area (Å²) in [6.45, 7) is 6.13. The number of nitrogens with two attached hydrogens (primary N) is 1. The largest absolute Gasteiger partial charge is 0.322 e. The van der Waals surface area contributed by atoms with Gasteiger partial charge in [0.2, 0.25) is 0 Å². The zero-order valence-corrected chi connectivity index (χ0v) is 13.0. The molecule has 2 N–H and O–H groups in total. The molecule has 2 aromatic rings. The van der Waals surface area contributed by atoms with E-state index in [1.807, 2.05) is 13.8 Å². The van der Waals surface area contributed by atoms with Crippen LogP contribution in [0.3, 0.4) is 0 Å². The fraction of sp³-hybridized carbons (Fsp3) is 0.200. The average molecular weight is 277 g/mol. The van der Waals surface area contributed by atoms with Crippen molar-refractivity contribution in [2.45, 2.75) is 26.3 Å². The topological polar surface area (TPSA) is 26.0 Å². The third-order valence-electron chi connectivity index (χ3n) is 3.42. The van der Waals surface area contributed by atoms with Crippen LogP contribution in [0.1, 0.15) is 36.1 Å². The Balaban J connectivity index is 1.99. The van der Waals surface area contributed by atoms with E-state index >= 15 is 0 Å². The number of hydrogen-bond donors (Lipinski definition) is 1. The molecule has 0 fully saturated rings. The molecule has 21 heavy (non-hydrogen) atoms. The molecule has 0 radical (unpaired) electrons. The summed E-state index contributed by atoms with van der Waals surface area (Å²) in [7, 11) is 0. The van der Waals surface area contributed by atoms with Gasteiger partial charge in [-0.05, 0) is 37.5 Å². The molecule has 0 spiro atoms. The highest BCUT2D eigenvalue weighted by Crippen LogP contribution is 2.17. The van der Waals surface area contributed by atoms with Gasteiger partial charge in [-0.2, -0.15) is 0 Å². The third kappa shape index (κ3) is 4.73. The fourth-order valence-corrected chi connectivity index (χ4v) is 2.03. The van der Waals surface area contributed by atoms with E-state index in [9.17, 15) is 0 Å². The van der Waals surface area contributed by atoms with E-state index in [2.05, 4.69) is 79.8 Å². The standard InChI is InChI=1S/C20H23N/c1-16-8-10-17(11-9-16)6-4-5-7-18-12-14-19(15-13-18)20(2,3)21/h4-15H,21H2,1-3H3/b6-4+,7-5+. The first-order valence-corrected chi connectivity index (χ1v) is 7.26. The smallest absolute Gasteiger partial charge is 0.0352 e. The zero-order valence-electron chi connectivity index (χ0n) is 13.0. The molecule has 0 aliphatic carbocycles. The summed E-state index contributed by atoms with van der Waals surface area (Å²) in [6, 6.07) is 16.9. The summed E-state index contributed by atoms with van der Waals surface area (Å²) < 4.78 is 0. The molecule has 0 saturated carbocycles. The van der Waals surface area contributed by atoms with Gasteiger partial charge >= 0.3 is 0 Å². The molecule has 0 unspecified atom stereocenters. The molecule has 0 aromatic heterocycles. The Hall–Kier alpha value is -2.12. The van der Waals surface area contributed by atoms with Crippen molar-refractivity contribution in [2.24, 2.45) is 5.73 Å². The fourth-order valence-electron chi connectivity index (χ4n) is 2.03. The first kappa shape index (κ1) is 15.3. The van der Waals surface area contributed by atoms with E-state index in [1.54, 1.807) is 0 Å². The second-order valence-electron chi connectivity index (χ2n) is 5.97. The maximum atomic E-state index is 6.07. The number of rotatable bonds is 4. The SMILES string of the molecule is Cc1ccc(/C=C/C=C/c2ccc(C(C)(C)N)cc2)cc1. The Morgan fingerprint density at radius 3 is 1.62 bits per heavy atom. The molecule has 1 heteroatoms. The van der Waals surface area contributed by atoms with E-state index in [1.165, 1.54) is 16.7 Å². The van der Waals surface area contributed by atoms with Crippen molar-refractivity contribution < 1.29 is 0 Å². The maximum Gasteiger partial charge on any atom is 0.0352 e. The van der Waals surface area contributed by atoms with Crippen LogP contribution in [0, 0.1) is 6.92 Å². The van der Waals surface area contributed by atoms with Gasteiger partial charge in [0.15, 0.2) is 0 Å². The minimum Gasteiger partial charge on any atom is -0.322 e. The minimum atomic E-state index is -0.284. The maximum absolute atomic E-state index is 6.07. The zero-order chi connectivity index (χ0) is 15.3. The quantitative estimate of drug-likeness (QED) is 0.789. The molecule has 2 rings (SSSR count). The molecule has 0 saturated heterocycles. The highest BCUT2D eigenvalue weighted by Gasteiger charge is 2.12. The molecule has 0 aliphatic heterocycles. The summed E-state index contributed by atoms with van der Waals surface area (Å²) in [4.78, 5) is 0. The summed E-state index contributed by atoms with van der Waals surface area (Å²) in [5.74, 6) is 0. The van der Waals surface area contributed by atoms with Gasteiger partial charge in [-0.3, -0.25) is 0 Å². The van der Waals surface area contributed by atoms with Gasteiger partial charge in [-0.25, -0.2) is 0 Å². The van der Waals surface area contributed by atoms with Crippen LogP contribution in [0.5, 0.6) is 0 Å². The highest BCUT2D eigenvalue weighted by atomic mass is 14.7. The van der Waals surface area contributed by atoms with Gasteiger partial charge in [-0.15, -0.1) is 0 Å². The third-order valence-corrected chi connectivity index (χ3v) is 3.42. The van der Waals surface area contributed by atoms with Gasteiger partial charge in [0.1, 0.15) is 0 Å². The van der Waals surface area contributed by atoms with Crippen LogP contribution in [-0.2, 0) is 5.54 Å². The van der Waals surface area contributed by atoms with E-state index in [4.69, 9.17) is 5.73 Å². The van der Waals surface area contributed by atoms with Crippen LogP contribution >= 0.6 is 0 Å². The van der Waals surface area contributed by atoms with Crippen LogP contribution in [0.2, 0.25) is 0 Å². The molecule has 108 valence electrons. The second-order valence-corrected chi connectivity index (χ2v) is 5.97. The van der Waals surface area contributed by atoms with Crippen LogP contribution in [0.4, 0.5) is 0 Å². The van der Waals surface area contributed by atoms with E-state index < -0.39 is 0 Å². The first-order valence-electron chi connectivity index (χ1n) is 7.26. The van der Waals surface area contributed by atoms with Gasteiger partial charge in [-0.1, -0.05) is 78.4 Å². The van der Waals surface area contributed by atoms with Crippen molar-refractivity contribution in [3.8, 4) is 0 Å². The van der Waals surface area contributed by atoms with Crippen LogP contribution in [-0.4, -0.2) is 0 Å². The molecule has 0 bridgehead atoms. The van der Waals surface area contributed by atoms with E-state index in [0.29, 0.717) is 0 Å². The molecule has 2 aromatic carbocycles. The summed E-state index contributed by atoms with van der Waals surface area (Å²) >= 11 is 0. The Morgan fingerprint density at radius 2 is 1.19 bits per heavy atom. The number of aryl methyl sites for hydroxylation is 1. The Labute approximate surface area is 127 Å². The van der Waals surface area contributed by atoms with Crippen molar-refractivity contribution >= 4 is 12.2 Å². The molecule has 0 amide bonds. The van der Waals surface area contributed by atoms with Crippen molar-refractivity contribution in [1.29, 1.82) is 0 Å². The normalized spacial score (nSPS) is 12.4. The van der Waals surface area contributed by atoms with Crippen LogP contribution < -0.4 is 5.73 Å². The van der Waals surface area contributed by atoms with Gasteiger partial charge in [0.25, 0.3) is 0 Å². The number of hydrogen-bond acceptors (Lipinski definition) is 1. The van der Waals surface area contributed by atoms with Gasteiger partial charge in [0.05, 0.1) is 0 Å². The lowest BCUT2D eigenvalue weighted by Gasteiger charge is -2.18. The van der Waals surface area contributed by atoms with Gasteiger partial charge in [0, 0.05) is 5.54 Å². The van der Waals surface area contributed by atoms with E-state index in [-0.39, 0.29) is 5.54 Å². The van der Waals surface area contributed by atoms with Crippen molar-refractivity contribution in [2.75, 3.05) is 0 Å². The van der Waals surface area contributed by atoms with E-state index in [0.717, 1.165) is 5.56 Å². The lowest BCUT2D eigenvalue weighted by atomic mass is 9.95. The number of benzene rings is 2. The molecule has 0 heterocycles. The summed E-state index contributed by atoms with van der Waals surface area (Å²) in [5, 5.41) is 0.